The van der Waals surface area contributed by atoms with Crippen molar-refractivity contribution in [1.82, 2.24) is 9.80 Å². The fourth-order valence-electron chi connectivity index (χ4n) is 4.12. The molecule has 1 heterocycles. The van der Waals surface area contributed by atoms with Crippen molar-refractivity contribution in [2.75, 3.05) is 38.1 Å². The highest BCUT2D eigenvalue weighted by atomic mass is 16.2. The third-order valence-corrected chi connectivity index (χ3v) is 5.83. The average molecular weight is 414 g/mol. The molecule has 1 saturated heterocycles. The number of para-hydroxylation sites is 1. The summed E-state index contributed by atoms with van der Waals surface area (Å²) in [6, 6.07) is 30.3. The van der Waals surface area contributed by atoms with Crippen LogP contribution in [0.5, 0.6) is 0 Å². The van der Waals surface area contributed by atoms with Crippen molar-refractivity contribution in [3.05, 3.63) is 102 Å². The maximum absolute atomic E-state index is 12.8. The van der Waals surface area contributed by atoms with Gasteiger partial charge in [-0.15, -0.1) is 0 Å². The molecule has 2 amide bonds. The average Bonchev–Trinajstić information content (AvgIpc) is 2.85. The van der Waals surface area contributed by atoms with Crippen molar-refractivity contribution in [3.63, 3.8) is 0 Å². The number of nitrogens with zero attached hydrogens (tertiary/aromatic N) is 3. The second kappa shape index (κ2) is 9.58. The molecule has 3 aromatic rings. The molecule has 0 atom stereocenters. The molecule has 4 rings (SSSR count). The van der Waals surface area contributed by atoms with Crippen LogP contribution in [0.2, 0.25) is 0 Å². The molecule has 0 spiro atoms. The van der Waals surface area contributed by atoms with Crippen molar-refractivity contribution in [3.8, 4) is 0 Å². The van der Waals surface area contributed by atoms with Gasteiger partial charge in [-0.2, -0.15) is 0 Å². The summed E-state index contributed by atoms with van der Waals surface area (Å²) in [6.07, 6.45) is 0. The molecule has 0 aromatic heterocycles. The highest BCUT2D eigenvalue weighted by Crippen LogP contribution is 2.29. The Morgan fingerprint density at radius 2 is 1.16 bits per heavy atom. The number of hydrogen-bond donors (Lipinski definition) is 0. The first kappa shape index (κ1) is 20.8. The zero-order valence-corrected chi connectivity index (χ0v) is 17.7. The van der Waals surface area contributed by atoms with E-state index in [0.717, 1.165) is 0 Å². The smallest absolute Gasteiger partial charge is 0.316 e. The lowest BCUT2D eigenvalue weighted by Gasteiger charge is -2.39. The molecule has 1 aliphatic heterocycles. The van der Waals surface area contributed by atoms with E-state index in [9.17, 15) is 9.59 Å². The van der Waals surface area contributed by atoms with Crippen molar-refractivity contribution in [1.29, 1.82) is 0 Å². The van der Waals surface area contributed by atoms with Crippen LogP contribution in [-0.2, 0) is 9.59 Å². The van der Waals surface area contributed by atoms with Gasteiger partial charge in [0, 0.05) is 38.9 Å². The lowest BCUT2D eigenvalue weighted by atomic mass is 9.96. The van der Waals surface area contributed by atoms with Gasteiger partial charge >= 0.3 is 11.8 Å². The van der Waals surface area contributed by atoms with E-state index in [1.54, 1.807) is 11.9 Å². The fraction of sp³-hybridized carbons (Fsp3) is 0.231. The van der Waals surface area contributed by atoms with E-state index in [2.05, 4.69) is 53.4 Å². The second-order valence-electron chi connectivity index (χ2n) is 7.75. The highest BCUT2D eigenvalue weighted by molar-refractivity contribution is 6.40. The predicted molar refractivity (Wildman–Crippen MR) is 123 cm³/mol. The molecular formula is C26H27N3O2. The quantitative estimate of drug-likeness (QED) is 0.614. The third-order valence-electron chi connectivity index (χ3n) is 5.83. The van der Waals surface area contributed by atoms with E-state index in [1.165, 1.54) is 16.0 Å². The van der Waals surface area contributed by atoms with Crippen molar-refractivity contribution >= 4 is 17.5 Å². The Morgan fingerprint density at radius 3 is 1.65 bits per heavy atom. The minimum Gasteiger partial charge on any atom is -0.332 e. The minimum absolute atomic E-state index is 0.127. The Morgan fingerprint density at radius 1 is 0.710 bits per heavy atom. The lowest BCUT2D eigenvalue weighted by Crippen LogP contribution is -2.53. The molecule has 0 radical (unpaired) electrons. The van der Waals surface area contributed by atoms with Gasteiger partial charge in [0.2, 0.25) is 0 Å². The Labute approximate surface area is 183 Å². The molecule has 0 aliphatic carbocycles. The molecule has 1 fully saturated rings. The molecule has 5 nitrogen and oxygen atoms in total. The van der Waals surface area contributed by atoms with Crippen LogP contribution in [0.25, 0.3) is 0 Å². The van der Waals surface area contributed by atoms with Gasteiger partial charge in [0.1, 0.15) is 0 Å². The first-order valence-corrected chi connectivity index (χ1v) is 10.6. The second-order valence-corrected chi connectivity index (χ2v) is 7.75. The maximum Gasteiger partial charge on any atom is 0.316 e. The van der Waals surface area contributed by atoms with Crippen LogP contribution >= 0.6 is 0 Å². The van der Waals surface area contributed by atoms with Gasteiger partial charge in [-0.05, 0) is 23.3 Å². The number of piperazine rings is 1. The largest absolute Gasteiger partial charge is 0.332 e. The van der Waals surface area contributed by atoms with E-state index in [1.807, 2.05) is 42.5 Å². The van der Waals surface area contributed by atoms with E-state index < -0.39 is 11.8 Å². The van der Waals surface area contributed by atoms with Crippen LogP contribution in [0.3, 0.4) is 0 Å². The maximum atomic E-state index is 12.8. The van der Waals surface area contributed by atoms with Gasteiger partial charge in [0.15, 0.2) is 0 Å². The van der Waals surface area contributed by atoms with Gasteiger partial charge in [-0.1, -0.05) is 78.9 Å². The summed E-state index contributed by atoms with van der Waals surface area (Å²) >= 11 is 0. The number of anilines is 1. The third kappa shape index (κ3) is 4.67. The molecule has 0 saturated carbocycles. The molecule has 1 aliphatic rings. The number of amides is 2. The van der Waals surface area contributed by atoms with E-state index in [0.29, 0.717) is 31.9 Å². The monoisotopic (exact) mass is 413 g/mol. The van der Waals surface area contributed by atoms with Gasteiger partial charge in [-0.3, -0.25) is 14.5 Å². The molecule has 0 bridgehead atoms. The highest BCUT2D eigenvalue weighted by Gasteiger charge is 2.31. The van der Waals surface area contributed by atoms with Gasteiger partial charge in [-0.25, -0.2) is 0 Å². The Kier molecular flexibility index (Phi) is 6.43. The molecule has 0 N–H and O–H groups in total. The van der Waals surface area contributed by atoms with E-state index in [4.69, 9.17) is 0 Å². The molecule has 0 unspecified atom stereocenters. The molecule has 5 heteroatoms. The zero-order chi connectivity index (χ0) is 21.6. The first-order chi connectivity index (χ1) is 15.1. The summed E-state index contributed by atoms with van der Waals surface area (Å²) in [5.74, 6) is -0.940. The summed E-state index contributed by atoms with van der Waals surface area (Å²) in [5, 5.41) is 0. The summed E-state index contributed by atoms with van der Waals surface area (Å²) in [4.78, 5) is 31.1. The van der Waals surface area contributed by atoms with Crippen LogP contribution in [0.1, 0.15) is 17.2 Å². The number of benzene rings is 3. The SMILES string of the molecule is CN(C(=O)C(=O)N1CCN(C(c2ccccc2)c2ccccc2)CC1)c1ccccc1. The van der Waals surface area contributed by atoms with Crippen LogP contribution in [-0.4, -0.2) is 54.8 Å². The normalized spacial score (nSPS) is 14.5. The number of carbonyl (C=O) groups is 2. The fourth-order valence-corrected chi connectivity index (χ4v) is 4.12. The lowest BCUT2D eigenvalue weighted by molar-refractivity contribution is -0.145. The molecular weight excluding hydrogens is 386 g/mol. The standard InChI is InChI=1S/C26H27N3O2/c1-27(23-15-9-4-10-16-23)25(30)26(31)29-19-17-28(18-20-29)24(21-11-5-2-6-12-21)22-13-7-3-8-14-22/h2-16,24H,17-20H2,1H3. The first-order valence-electron chi connectivity index (χ1n) is 10.6. The van der Waals surface area contributed by atoms with Gasteiger partial charge in [0.05, 0.1) is 6.04 Å². The molecule has 3 aromatic carbocycles. The van der Waals surface area contributed by atoms with Crippen LogP contribution in [0, 0.1) is 0 Å². The summed E-state index contributed by atoms with van der Waals surface area (Å²) in [6.45, 7) is 2.48. The van der Waals surface area contributed by atoms with Crippen molar-refractivity contribution < 1.29 is 9.59 Å². The van der Waals surface area contributed by atoms with Crippen LogP contribution in [0.4, 0.5) is 5.69 Å². The summed E-state index contributed by atoms with van der Waals surface area (Å²) < 4.78 is 0. The van der Waals surface area contributed by atoms with E-state index >= 15 is 0 Å². The number of hydrogen-bond acceptors (Lipinski definition) is 3. The van der Waals surface area contributed by atoms with Gasteiger partial charge < -0.3 is 9.80 Å². The topological polar surface area (TPSA) is 43.9 Å². The van der Waals surface area contributed by atoms with E-state index in [-0.39, 0.29) is 6.04 Å². The van der Waals surface area contributed by atoms with Crippen LogP contribution < -0.4 is 4.90 Å². The minimum atomic E-state index is -0.498. The predicted octanol–water partition coefficient (Wildman–Crippen LogP) is 3.58. The Hall–Kier alpha value is -3.44. The Balaban J connectivity index is 1.45. The summed E-state index contributed by atoms with van der Waals surface area (Å²) in [5.41, 5.74) is 3.18. The summed E-state index contributed by atoms with van der Waals surface area (Å²) in [7, 11) is 1.65. The molecule has 31 heavy (non-hydrogen) atoms. The number of rotatable bonds is 4. The van der Waals surface area contributed by atoms with Gasteiger partial charge in [0.25, 0.3) is 0 Å². The Bertz CT molecular complexity index is 961. The zero-order valence-electron chi connectivity index (χ0n) is 17.7. The van der Waals surface area contributed by atoms with Crippen LogP contribution in [0.15, 0.2) is 91.0 Å². The number of carbonyl (C=O) groups excluding carboxylic acids is 2. The van der Waals surface area contributed by atoms with Crippen molar-refractivity contribution in [2.24, 2.45) is 0 Å². The number of likely N-dealkylation sites (N-methyl/N-ethyl adjacent to an activating group) is 1. The molecule has 158 valence electrons. The van der Waals surface area contributed by atoms with Crippen molar-refractivity contribution in [2.45, 2.75) is 6.04 Å².